The Hall–Kier alpha value is -0.120. The Morgan fingerprint density at radius 1 is 1.25 bits per heavy atom. The lowest BCUT2D eigenvalue weighted by Crippen LogP contribution is -2.47. The number of ether oxygens (including phenoxy) is 1. The molecule has 1 saturated carbocycles. The molecule has 3 atom stereocenters. The molecular formula is C17H34IN5O. The van der Waals surface area contributed by atoms with Crippen LogP contribution in [0.25, 0.3) is 0 Å². The molecule has 7 heteroatoms. The Balaban J connectivity index is 0.00000208. The molecule has 1 aliphatic carbocycles. The topological polar surface area (TPSA) is 52.1 Å². The average Bonchev–Trinajstić information content (AvgIpc) is 3.31. The van der Waals surface area contributed by atoms with Gasteiger partial charge in [0.05, 0.1) is 19.3 Å². The Labute approximate surface area is 163 Å². The molecule has 3 unspecified atom stereocenters. The van der Waals surface area contributed by atoms with Gasteiger partial charge >= 0.3 is 0 Å². The third kappa shape index (κ3) is 5.71. The maximum atomic E-state index is 5.81. The van der Waals surface area contributed by atoms with Crippen LogP contribution in [0.1, 0.15) is 26.7 Å². The van der Waals surface area contributed by atoms with Crippen molar-refractivity contribution in [3.05, 3.63) is 0 Å². The Morgan fingerprint density at radius 2 is 2.04 bits per heavy atom. The summed E-state index contributed by atoms with van der Waals surface area (Å²) in [6.45, 7) is 11.3. The van der Waals surface area contributed by atoms with Crippen LogP contribution in [0.5, 0.6) is 0 Å². The Bertz CT molecular complexity index is 418. The third-order valence-electron chi connectivity index (χ3n) is 5.17. The summed E-state index contributed by atoms with van der Waals surface area (Å²) < 4.78 is 5.81. The van der Waals surface area contributed by atoms with Crippen molar-refractivity contribution in [3.8, 4) is 0 Å². The van der Waals surface area contributed by atoms with Gasteiger partial charge < -0.3 is 20.3 Å². The first-order valence-corrected chi connectivity index (χ1v) is 9.24. The van der Waals surface area contributed by atoms with Crippen molar-refractivity contribution >= 4 is 29.9 Å². The summed E-state index contributed by atoms with van der Waals surface area (Å²) in [5.41, 5.74) is 0. The maximum absolute atomic E-state index is 5.81. The molecule has 0 bridgehead atoms. The van der Waals surface area contributed by atoms with Gasteiger partial charge in [-0.3, -0.25) is 9.89 Å². The SMILES string of the molecule is CCNC(=NCC1CN(C)CCO1)NC1CN(C2CC2)CC1C.I. The number of halogens is 1. The van der Waals surface area contributed by atoms with Crippen molar-refractivity contribution in [2.24, 2.45) is 10.9 Å². The number of guanidine groups is 1. The summed E-state index contributed by atoms with van der Waals surface area (Å²) >= 11 is 0. The van der Waals surface area contributed by atoms with Crippen LogP contribution in [0.4, 0.5) is 0 Å². The number of morpholine rings is 1. The summed E-state index contributed by atoms with van der Waals surface area (Å²) in [6, 6.07) is 1.36. The van der Waals surface area contributed by atoms with E-state index in [0.717, 1.165) is 51.3 Å². The second-order valence-electron chi connectivity index (χ2n) is 7.39. The molecule has 0 aromatic carbocycles. The predicted octanol–water partition coefficient (Wildman–Crippen LogP) is 0.973. The summed E-state index contributed by atoms with van der Waals surface area (Å²) in [5, 5.41) is 7.05. The highest BCUT2D eigenvalue weighted by molar-refractivity contribution is 14.0. The molecule has 0 spiro atoms. The van der Waals surface area contributed by atoms with E-state index in [-0.39, 0.29) is 30.1 Å². The first-order valence-electron chi connectivity index (χ1n) is 9.24. The third-order valence-corrected chi connectivity index (χ3v) is 5.17. The molecule has 140 valence electrons. The van der Waals surface area contributed by atoms with E-state index in [4.69, 9.17) is 9.73 Å². The molecule has 3 aliphatic rings. The van der Waals surface area contributed by atoms with E-state index in [1.165, 1.54) is 19.4 Å². The zero-order valence-electron chi connectivity index (χ0n) is 15.3. The van der Waals surface area contributed by atoms with Gasteiger partial charge in [-0.25, -0.2) is 0 Å². The smallest absolute Gasteiger partial charge is 0.191 e. The molecule has 0 aromatic rings. The van der Waals surface area contributed by atoms with Gasteiger partial charge in [0.2, 0.25) is 0 Å². The van der Waals surface area contributed by atoms with Crippen molar-refractivity contribution in [2.45, 2.75) is 44.9 Å². The van der Waals surface area contributed by atoms with Gasteiger partial charge in [-0.05, 0) is 32.7 Å². The molecule has 0 radical (unpaired) electrons. The van der Waals surface area contributed by atoms with Crippen molar-refractivity contribution in [3.63, 3.8) is 0 Å². The summed E-state index contributed by atoms with van der Waals surface area (Å²) in [5.74, 6) is 1.62. The number of hydrogen-bond acceptors (Lipinski definition) is 4. The van der Waals surface area contributed by atoms with E-state index >= 15 is 0 Å². The van der Waals surface area contributed by atoms with Crippen molar-refractivity contribution < 1.29 is 4.74 Å². The van der Waals surface area contributed by atoms with Crippen LogP contribution in [0.15, 0.2) is 4.99 Å². The minimum absolute atomic E-state index is 0. The first-order chi connectivity index (χ1) is 11.2. The molecule has 0 aromatic heterocycles. The van der Waals surface area contributed by atoms with Crippen LogP contribution in [0.3, 0.4) is 0 Å². The monoisotopic (exact) mass is 451 g/mol. The zero-order chi connectivity index (χ0) is 16.2. The Kier molecular flexibility index (Phi) is 8.03. The molecule has 2 heterocycles. The minimum atomic E-state index is 0. The lowest BCUT2D eigenvalue weighted by atomic mass is 10.1. The van der Waals surface area contributed by atoms with Gasteiger partial charge in [-0.1, -0.05) is 6.92 Å². The van der Waals surface area contributed by atoms with Gasteiger partial charge in [0.15, 0.2) is 5.96 Å². The summed E-state index contributed by atoms with van der Waals surface area (Å²) in [6.07, 6.45) is 2.99. The standard InChI is InChI=1S/C17H33N5O.HI/c1-4-18-17(19-9-15-11-21(3)7-8-23-15)20-16-12-22(10-13(16)2)14-5-6-14;/h13-16H,4-12H2,1-3H3,(H2,18,19,20);1H. The second kappa shape index (κ2) is 9.54. The van der Waals surface area contributed by atoms with Gasteiger partial charge in [0, 0.05) is 44.8 Å². The Morgan fingerprint density at radius 3 is 2.71 bits per heavy atom. The average molecular weight is 451 g/mol. The van der Waals surface area contributed by atoms with Crippen LogP contribution < -0.4 is 10.6 Å². The molecule has 6 nitrogen and oxygen atoms in total. The van der Waals surface area contributed by atoms with E-state index < -0.39 is 0 Å². The van der Waals surface area contributed by atoms with Crippen LogP contribution in [0.2, 0.25) is 0 Å². The normalized spacial score (nSPS) is 32.5. The van der Waals surface area contributed by atoms with E-state index in [1.807, 2.05) is 0 Å². The highest BCUT2D eigenvalue weighted by atomic mass is 127. The van der Waals surface area contributed by atoms with E-state index in [2.05, 4.69) is 41.3 Å². The van der Waals surface area contributed by atoms with Crippen LogP contribution in [-0.2, 0) is 4.74 Å². The van der Waals surface area contributed by atoms with Crippen molar-refractivity contribution in [2.75, 3.05) is 52.9 Å². The lowest BCUT2D eigenvalue weighted by molar-refractivity contribution is -0.0136. The summed E-state index contributed by atoms with van der Waals surface area (Å²) in [7, 11) is 2.15. The van der Waals surface area contributed by atoms with E-state index in [9.17, 15) is 0 Å². The number of nitrogens with zero attached hydrogens (tertiary/aromatic N) is 3. The lowest BCUT2D eigenvalue weighted by Gasteiger charge is -2.29. The van der Waals surface area contributed by atoms with Gasteiger partial charge in [-0.2, -0.15) is 0 Å². The molecule has 3 rings (SSSR count). The van der Waals surface area contributed by atoms with Crippen LogP contribution >= 0.6 is 24.0 Å². The highest BCUT2D eigenvalue weighted by Gasteiger charge is 2.38. The number of likely N-dealkylation sites (tertiary alicyclic amines) is 1. The minimum Gasteiger partial charge on any atom is -0.374 e. The molecule has 0 amide bonds. The fourth-order valence-corrected chi connectivity index (χ4v) is 3.60. The number of likely N-dealkylation sites (N-methyl/N-ethyl adjacent to an activating group) is 1. The number of hydrogen-bond donors (Lipinski definition) is 2. The van der Waals surface area contributed by atoms with E-state index in [0.29, 0.717) is 12.0 Å². The molecular weight excluding hydrogens is 417 g/mol. The fraction of sp³-hybridized carbons (Fsp3) is 0.941. The van der Waals surface area contributed by atoms with Crippen molar-refractivity contribution in [1.29, 1.82) is 0 Å². The molecule has 2 saturated heterocycles. The van der Waals surface area contributed by atoms with Crippen molar-refractivity contribution in [1.82, 2.24) is 20.4 Å². The molecule has 2 aliphatic heterocycles. The zero-order valence-corrected chi connectivity index (χ0v) is 17.7. The number of rotatable bonds is 5. The molecule has 3 fully saturated rings. The highest BCUT2D eigenvalue weighted by Crippen LogP contribution is 2.31. The van der Waals surface area contributed by atoms with Gasteiger partial charge in [0.25, 0.3) is 0 Å². The number of nitrogens with one attached hydrogen (secondary N) is 2. The largest absolute Gasteiger partial charge is 0.374 e. The van der Waals surface area contributed by atoms with E-state index in [1.54, 1.807) is 0 Å². The predicted molar refractivity (Wildman–Crippen MR) is 109 cm³/mol. The molecule has 2 N–H and O–H groups in total. The maximum Gasteiger partial charge on any atom is 0.191 e. The number of aliphatic imine (C=N–C) groups is 1. The van der Waals surface area contributed by atoms with Crippen LogP contribution in [0, 0.1) is 5.92 Å². The fourth-order valence-electron chi connectivity index (χ4n) is 3.60. The quantitative estimate of drug-likeness (QED) is 0.371. The molecule has 24 heavy (non-hydrogen) atoms. The van der Waals surface area contributed by atoms with Gasteiger partial charge in [-0.15, -0.1) is 24.0 Å². The first kappa shape index (κ1) is 20.2. The van der Waals surface area contributed by atoms with Gasteiger partial charge in [0.1, 0.15) is 0 Å². The second-order valence-corrected chi connectivity index (χ2v) is 7.39. The van der Waals surface area contributed by atoms with Crippen LogP contribution in [-0.4, -0.2) is 86.9 Å². The summed E-state index contributed by atoms with van der Waals surface area (Å²) in [4.78, 5) is 9.74.